The first-order chi connectivity index (χ1) is 7.68. The summed E-state index contributed by atoms with van der Waals surface area (Å²) in [4.78, 5) is 11.9. The molecule has 3 heteroatoms. The molecule has 0 spiro atoms. The summed E-state index contributed by atoms with van der Waals surface area (Å²) in [5.74, 6) is 1.03. The highest BCUT2D eigenvalue weighted by atomic mass is 32.2. The number of thioether (sulfide) groups is 1. The number of carbonyl (C=O) groups is 1. The average molecular weight is 258 g/mol. The number of hydrogen-bond donors (Lipinski definition) is 0. The summed E-state index contributed by atoms with van der Waals surface area (Å²) in [7, 11) is 0. The zero-order chi connectivity index (χ0) is 13.5. The zero-order valence-electron chi connectivity index (χ0n) is 11.8. The van der Waals surface area contributed by atoms with E-state index in [1.54, 1.807) is 11.8 Å². The molecule has 0 aromatic rings. The van der Waals surface area contributed by atoms with Crippen molar-refractivity contribution in [3.05, 3.63) is 11.5 Å². The van der Waals surface area contributed by atoms with Crippen LogP contribution in [0, 0.1) is 5.41 Å². The molecule has 0 aromatic carbocycles. The van der Waals surface area contributed by atoms with Crippen LogP contribution in [0.4, 0.5) is 0 Å². The Morgan fingerprint density at radius 1 is 1.29 bits per heavy atom. The summed E-state index contributed by atoms with van der Waals surface area (Å²) in [6.07, 6.45) is 2.76. The smallest absolute Gasteiger partial charge is 0.125 e. The Labute approximate surface area is 110 Å². The van der Waals surface area contributed by atoms with Crippen LogP contribution in [0.15, 0.2) is 11.5 Å². The van der Waals surface area contributed by atoms with Crippen LogP contribution in [0.2, 0.25) is 0 Å². The van der Waals surface area contributed by atoms with E-state index in [1.165, 1.54) is 0 Å². The third-order valence-electron chi connectivity index (χ3n) is 2.61. The minimum absolute atomic E-state index is 0.124. The number of hydrogen-bond acceptors (Lipinski definition) is 3. The molecule has 0 heterocycles. The van der Waals surface area contributed by atoms with Gasteiger partial charge in [0, 0.05) is 17.8 Å². The molecule has 0 N–H and O–H groups in total. The molecule has 0 rings (SSSR count). The topological polar surface area (TPSA) is 26.3 Å². The first-order valence-electron chi connectivity index (χ1n) is 6.07. The van der Waals surface area contributed by atoms with Gasteiger partial charge >= 0.3 is 0 Å². The van der Waals surface area contributed by atoms with Crippen molar-refractivity contribution in [3.8, 4) is 0 Å². The summed E-state index contributed by atoms with van der Waals surface area (Å²) in [6.45, 7) is 14.6. The highest BCUT2D eigenvalue weighted by Crippen LogP contribution is 2.23. The van der Waals surface area contributed by atoms with E-state index in [9.17, 15) is 4.79 Å². The Balaban J connectivity index is 3.85. The first-order valence-corrected chi connectivity index (χ1v) is 7.06. The average Bonchev–Trinajstić information content (AvgIpc) is 2.16. The number of rotatable bonds is 9. The number of aldehydes is 1. The van der Waals surface area contributed by atoms with Crippen LogP contribution in [0.5, 0.6) is 0 Å². The van der Waals surface area contributed by atoms with Gasteiger partial charge in [-0.25, -0.2) is 0 Å². The van der Waals surface area contributed by atoms with Gasteiger partial charge in [-0.2, -0.15) is 0 Å². The molecule has 17 heavy (non-hydrogen) atoms. The summed E-state index contributed by atoms with van der Waals surface area (Å²) in [6, 6.07) is 0. The van der Waals surface area contributed by atoms with Crippen molar-refractivity contribution in [3.63, 3.8) is 0 Å². The standard InChI is InChI=1S/C14H26O2S/c1-12(2)17-10-8-14(5,6)16-9-7-13(3,4)11-15/h11H,1,7-10H2,2-6H3. The minimum atomic E-state index is -0.275. The molecular weight excluding hydrogens is 232 g/mol. The van der Waals surface area contributed by atoms with E-state index in [1.807, 2.05) is 20.8 Å². The normalized spacial score (nSPS) is 12.5. The summed E-state index contributed by atoms with van der Waals surface area (Å²) < 4.78 is 5.85. The van der Waals surface area contributed by atoms with Gasteiger partial charge in [0.15, 0.2) is 0 Å². The predicted octanol–water partition coefficient (Wildman–Crippen LogP) is 4.05. The fraction of sp³-hybridized carbons (Fsp3) is 0.786. The van der Waals surface area contributed by atoms with E-state index < -0.39 is 0 Å². The number of carbonyl (C=O) groups excluding carboxylic acids is 1. The van der Waals surface area contributed by atoms with E-state index in [0.29, 0.717) is 6.61 Å². The van der Waals surface area contributed by atoms with Gasteiger partial charge in [-0.3, -0.25) is 0 Å². The molecule has 0 aliphatic carbocycles. The monoisotopic (exact) mass is 258 g/mol. The van der Waals surface area contributed by atoms with Crippen LogP contribution in [-0.2, 0) is 9.53 Å². The summed E-state index contributed by atoms with van der Waals surface area (Å²) >= 11 is 1.77. The van der Waals surface area contributed by atoms with Gasteiger partial charge in [-0.15, -0.1) is 11.8 Å². The van der Waals surface area contributed by atoms with Crippen molar-refractivity contribution in [1.82, 2.24) is 0 Å². The van der Waals surface area contributed by atoms with Gasteiger partial charge in [0.1, 0.15) is 6.29 Å². The Bertz CT molecular complexity index is 257. The lowest BCUT2D eigenvalue weighted by atomic mass is 9.92. The van der Waals surface area contributed by atoms with Gasteiger partial charge in [0.2, 0.25) is 0 Å². The lowest BCUT2D eigenvalue weighted by Crippen LogP contribution is -2.28. The molecule has 100 valence electrons. The SMILES string of the molecule is C=C(C)SCCC(C)(C)OCCC(C)(C)C=O. The lowest BCUT2D eigenvalue weighted by molar-refractivity contribution is -0.116. The Kier molecular flexibility index (Phi) is 7.10. The molecule has 2 nitrogen and oxygen atoms in total. The lowest BCUT2D eigenvalue weighted by Gasteiger charge is -2.27. The van der Waals surface area contributed by atoms with E-state index in [2.05, 4.69) is 20.4 Å². The van der Waals surface area contributed by atoms with Crippen LogP contribution in [0.1, 0.15) is 47.5 Å². The van der Waals surface area contributed by atoms with E-state index in [-0.39, 0.29) is 11.0 Å². The van der Waals surface area contributed by atoms with E-state index >= 15 is 0 Å². The fourth-order valence-corrected chi connectivity index (χ4v) is 2.13. The maximum atomic E-state index is 10.8. The Morgan fingerprint density at radius 3 is 2.35 bits per heavy atom. The molecule has 0 bridgehead atoms. The fourth-order valence-electron chi connectivity index (χ4n) is 1.19. The molecule has 0 aromatic heterocycles. The largest absolute Gasteiger partial charge is 0.376 e. The van der Waals surface area contributed by atoms with Gasteiger partial charge in [-0.1, -0.05) is 20.4 Å². The van der Waals surface area contributed by atoms with Crippen molar-refractivity contribution >= 4 is 18.0 Å². The van der Waals surface area contributed by atoms with Crippen molar-refractivity contribution in [2.75, 3.05) is 12.4 Å². The van der Waals surface area contributed by atoms with Crippen molar-refractivity contribution in [2.45, 2.75) is 53.1 Å². The molecule has 0 unspecified atom stereocenters. The Morgan fingerprint density at radius 2 is 1.88 bits per heavy atom. The molecule has 0 saturated heterocycles. The third kappa shape index (κ3) is 9.42. The second-order valence-electron chi connectivity index (χ2n) is 5.77. The molecule has 0 atom stereocenters. The van der Waals surface area contributed by atoms with Crippen molar-refractivity contribution < 1.29 is 9.53 Å². The molecule has 0 saturated carbocycles. The van der Waals surface area contributed by atoms with E-state index in [0.717, 1.165) is 29.8 Å². The molecule has 0 radical (unpaired) electrons. The van der Waals surface area contributed by atoms with E-state index in [4.69, 9.17) is 4.74 Å². The van der Waals surface area contributed by atoms with Crippen LogP contribution in [0.25, 0.3) is 0 Å². The second-order valence-corrected chi connectivity index (χ2v) is 7.16. The van der Waals surface area contributed by atoms with Crippen molar-refractivity contribution in [2.24, 2.45) is 5.41 Å². The van der Waals surface area contributed by atoms with Gasteiger partial charge in [0.25, 0.3) is 0 Å². The number of allylic oxidation sites excluding steroid dienone is 1. The summed E-state index contributed by atoms with van der Waals surface area (Å²) in [5, 5.41) is 0. The van der Waals surface area contributed by atoms with Gasteiger partial charge < -0.3 is 9.53 Å². The van der Waals surface area contributed by atoms with Gasteiger partial charge in [-0.05, 0) is 38.5 Å². The molecule has 0 fully saturated rings. The zero-order valence-corrected chi connectivity index (χ0v) is 12.7. The van der Waals surface area contributed by atoms with Crippen LogP contribution in [-0.4, -0.2) is 24.2 Å². The number of ether oxygens (including phenoxy) is 1. The maximum Gasteiger partial charge on any atom is 0.125 e. The van der Waals surface area contributed by atoms with Crippen LogP contribution in [0.3, 0.4) is 0 Å². The predicted molar refractivity (Wildman–Crippen MR) is 76.4 cm³/mol. The van der Waals surface area contributed by atoms with Crippen molar-refractivity contribution in [1.29, 1.82) is 0 Å². The van der Waals surface area contributed by atoms with Crippen LogP contribution < -0.4 is 0 Å². The second kappa shape index (κ2) is 7.22. The molecule has 0 aliphatic rings. The highest BCUT2D eigenvalue weighted by molar-refractivity contribution is 8.03. The van der Waals surface area contributed by atoms with Gasteiger partial charge in [0.05, 0.1) is 5.60 Å². The Hall–Kier alpha value is -0.280. The maximum absolute atomic E-state index is 10.8. The molecule has 0 aliphatic heterocycles. The minimum Gasteiger partial charge on any atom is -0.376 e. The first kappa shape index (κ1) is 16.7. The van der Waals surface area contributed by atoms with Crippen LogP contribution >= 0.6 is 11.8 Å². The quantitative estimate of drug-likeness (QED) is 0.584. The highest BCUT2D eigenvalue weighted by Gasteiger charge is 2.21. The summed E-state index contributed by atoms with van der Waals surface area (Å²) in [5.41, 5.74) is -0.399. The third-order valence-corrected chi connectivity index (χ3v) is 3.51. The molecule has 0 amide bonds. The molecular formula is C14H26O2S.